The normalized spacial score (nSPS) is 25.3. The zero-order valence-electron chi connectivity index (χ0n) is 4.39. The number of hydrogen-bond donors (Lipinski definition) is 0. The molecule has 1 aliphatic heterocycles. The fourth-order valence-electron chi connectivity index (χ4n) is 0.511. The lowest BCUT2D eigenvalue weighted by Gasteiger charge is -2.18. The van der Waals surface area contributed by atoms with Gasteiger partial charge in [-0.3, -0.25) is 0 Å². The van der Waals surface area contributed by atoms with E-state index in [0.717, 1.165) is 0 Å². The van der Waals surface area contributed by atoms with Crippen molar-refractivity contribution >= 4 is 21.8 Å². The molecule has 0 spiro atoms. The predicted octanol–water partition coefficient (Wildman–Crippen LogP) is 1.62. The molecule has 42 valence electrons. The van der Waals surface area contributed by atoms with Crippen molar-refractivity contribution in [2.75, 3.05) is 19.3 Å². The van der Waals surface area contributed by atoms with Gasteiger partial charge in [-0.05, 0) is 24.4 Å². The Labute approximate surface area is 52.4 Å². The fourth-order valence-corrected chi connectivity index (χ4v) is 2.56. The quantitative estimate of drug-likeness (QED) is 0.367. The standard InChI is InChI=1S/C4H9NS2/c1-5-3-2-4-6-7-5/h2-4H2,1H3. The van der Waals surface area contributed by atoms with Gasteiger partial charge in [0.15, 0.2) is 0 Å². The molecule has 1 fully saturated rings. The Hall–Kier alpha value is 0.660. The summed E-state index contributed by atoms with van der Waals surface area (Å²) in [5.41, 5.74) is 0. The summed E-state index contributed by atoms with van der Waals surface area (Å²) >= 11 is 0. The van der Waals surface area contributed by atoms with E-state index < -0.39 is 0 Å². The topological polar surface area (TPSA) is 3.24 Å². The van der Waals surface area contributed by atoms with Crippen molar-refractivity contribution in [1.82, 2.24) is 4.31 Å². The van der Waals surface area contributed by atoms with E-state index in [2.05, 4.69) is 11.4 Å². The van der Waals surface area contributed by atoms with Crippen molar-refractivity contribution in [3.8, 4) is 0 Å². The Morgan fingerprint density at radius 2 is 2.43 bits per heavy atom. The largest absolute Gasteiger partial charge is 0.244 e. The molecular weight excluding hydrogens is 126 g/mol. The molecule has 1 heterocycles. The zero-order chi connectivity index (χ0) is 5.11. The molecule has 1 rings (SSSR count). The Morgan fingerprint density at radius 3 is 2.71 bits per heavy atom. The Balaban J connectivity index is 2.12. The van der Waals surface area contributed by atoms with Crippen molar-refractivity contribution in [3.05, 3.63) is 0 Å². The summed E-state index contributed by atoms with van der Waals surface area (Å²) in [7, 11) is 5.95. The summed E-state index contributed by atoms with van der Waals surface area (Å²) in [4.78, 5) is 0. The molecule has 1 aliphatic rings. The van der Waals surface area contributed by atoms with Crippen molar-refractivity contribution in [1.29, 1.82) is 0 Å². The molecule has 0 aromatic heterocycles. The van der Waals surface area contributed by atoms with Crippen LogP contribution in [-0.4, -0.2) is 23.7 Å². The molecule has 0 atom stereocenters. The number of nitrogens with zero attached hydrogens (tertiary/aromatic N) is 1. The third-order valence-electron chi connectivity index (χ3n) is 0.881. The lowest BCUT2D eigenvalue weighted by atomic mass is 10.5. The van der Waals surface area contributed by atoms with Gasteiger partial charge >= 0.3 is 0 Å². The molecule has 0 aliphatic carbocycles. The average molecular weight is 135 g/mol. The van der Waals surface area contributed by atoms with E-state index in [1.54, 1.807) is 0 Å². The van der Waals surface area contributed by atoms with Crippen LogP contribution in [0.3, 0.4) is 0 Å². The molecule has 0 N–H and O–H groups in total. The van der Waals surface area contributed by atoms with Gasteiger partial charge in [-0.15, -0.1) is 0 Å². The third-order valence-corrected chi connectivity index (χ3v) is 3.46. The van der Waals surface area contributed by atoms with Gasteiger partial charge in [-0.2, -0.15) is 0 Å². The highest BCUT2D eigenvalue weighted by atomic mass is 33.1. The summed E-state index contributed by atoms with van der Waals surface area (Å²) in [6, 6.07) is 0. The van der Waals surface area contributed by atoms with Crippen molar-refractivity contribution < 1.29 is 0 Å². The summed E-state index contributed by atoms with van der Waals surface area (Å²) in [5, 5.41) is 0. The minimum Gasteiger partial charge on any atom is -0.244 e. The maximum atomic E-state index is 2.27. The molecule has 0 radical (unpaired) electrons. The van der Waals surface area contributed by atoms with Crippen molar-refractivity contribution in [2.24, 2.45) is 0 Å². The maximum absolute atomic E-state index is 2.27. The van der Waals surface area contributed by atoms with E-state index in [0.29, 0.717) is 0 Å². The van der Waals surface area contributed by atoms with Crippen LogP contribution in [0.2, 0.25) is 0 Å². The van der Waals surface area contributed by atoms with Gasteiger partial charge in [0.05, 0.1) is 0 Å². The average Bonchev–Trinajstić information content (AvgIpc) is 1.69. The fraction of sp³-hybridized carbons (Fsp3) is 1.00. The Morgan fingerprint density at radius 1 is 1.57 bits per heavy atom. The molecule has 3 heteroatoms. The van der Waals surface area contributed by atoms with Crippen LogP contribution in [0, 0.1) is 0 Å². The molecule has 0 aromatic rings. The van der Waals surface area contributed by atoms with Gasteiger partial charge in [0, 0.05) is 12.3 Å². The highest BCUT2D eigenvalue weighted by molar-refractivity contribution is 8.75. The van der Waals surface area contributed by atoms with Gasteiger partial charge in [-0.1, -0.05) is 10.8 Å². The van der Waals surface area contributed by atoms with E-state index in [-0.39, 0.29) is 0 Å². The lowest BCUT2D eigenvalue weighted by molar-refractivity contribution is 0.563. The molecule has 1 saturated heterocycles. The SMILES string of the molecule is CN1CCCSS1. The molecule has 1 nitrogen and oxygen atoms in total. The monoisotopic (exact) mass is 135 g/mol. The van der Waals surface area contributed by atoms with Gasteiger partial charge in [-0.25, -0.2) is 4.31 Å². The minimum atomic E-state index is 1.26. The predicted molar refractivity (Wildman–Crippen MR) is 37.3 cm³/mol. The van der Waals surface area contributed by atoms with Crippen molar-refractivity contribution in [2.45, 2.75) is 6.42 Å². The van der Waals surface area contributed by atoms with Crippen LogP contribution in [0.15, 0.2) is 0 Å². The third kappa shape index (κ3) is 1.93. The van der Waals surface area contributed by atoms with Gasteiger partial charge < -0.3 is 0 Å². The Bertz CT molecular complexity index is 51.7. The van der Waals surface area contributed by atoms with Crippen LogP contribution in [0.5, 0.6) is 0 Å². The molecule has 0 aromatic carbocycles. The van der Waals surface area contributed by atoms with Gasteiger partial charge in [0.25, 0.3) is 0 Å². The van der Waals surface area contributed by atoms with Crippen LogP contribution in [-0.2, 0) is 0 Å². The second kappa shape index (κ2) is 2.84. The van der Waals surface area contributed by atoms with E-state index in [9.17, 15) is 0 Å². The smallest absolute Gasteiger partial charge is 0.0102 e. The summed E-state index contributed by atoms with van der Waals surface area (Å²) < 4.78 is 2.27. The molecule has 0 bridgehead atoms. The highest BCUT2D eigenvalue weighted by Gasteiger charge is 2.04. The summed E-state index contributed by atoms with van der Waals surface area (Å²) in [5.74, 6) is 1.33. The summed E-state index contributed by atoms with van der Waals surface area (Å²) in [6.45, 7) is 1.26. The molecule has 0 saturated carbocycles. The summed E-state index contributed by atoms with van der Waals surface area (Å²) in [6.07, 6.45) is 1.36. The second-order valence-electron chi connectivity index (χ2n) is 1.60. The van der Waals surface area contributed by atoms with Crippen LogP contribution >= 0.6 is 21.8 Å². The second-order valence-corrected chi connectivity index (χ2v) is 4.17. The zero-order valence-corrected chi connectivity index (χ0v) is 6.02. The first kappa shape index (κ1) is 5.79. The molecule has 7 heavy (non-hydrogen) atoms. The van der Waals surface area contributed by atoms with Crippen LogP contribution in [0.1, 0.15) is 6.42 Å². The van der Waals surface area contributed by atoms with Crippen LogP contribution < -0.4 is 0 Å². The molecule has 0 amide bonds. The first-order valence-corrected chi connectivity index (χ1v) is 4.68. The number of rotatable bonds is 0. The molecule has 0 unspecified atom stereocenters. The highest BCUT2D eigenvalue weighted by Crippen LogP contribution is 2.29. The first-order valence-electron chi connectivity index (χ1n) is 2.40. The number of hydrogen-bond acceptors (Lipinski definition) is 3. The van der Waals surface area contributed by atoms with Crippen molar-refractivity contribution in [3.63, 3.8) is 0 Å². The minimum absolute atomic E-state index is 1.26. The van der Waals surface area contributed by atoms with Crippen LogP contribution in [0.4, 0.5) is 0 Å². The van der Waals surface area contributed by atoms with E-state index in [1.807, 2.05) is 21.8 Å². The maximum Gasteiger partial charge on any atom is 0.0102 e. The van der Waals surface area contributed by atoms with E-state index in [1.165, 1.54) is 18.7 Å². The van der Waals surface area contributed by atoms with E-state index in [4.69, 9.17) is 0 Å². The first-order chi connectivity index (χ1) is 3.39. The van der Waals surface area contributed by atoms with E-state index >= 15 is 0 Å². The lowest BCUT2D eigenvalue weighted by Crippen LogP contribution is -2.13. The Kier molecular flexibility index (Phi) is 2.35. The van der Waals surface area contributed by atoms with Gasteiger partial charge in [0.1, 0.15) is 0 Å². The molecular formula is C4H9NS2. The van der Waals surface area contributed by atoms with Gasteiger partial charge in [0.2, 0.25) is 0 Å². The van der Waals surface area contributed by atoms with Crippen LogP contribution in [0.25, 0.3) is 0 Å².